The Morgan fingerprint density at radius 2 is 2.13 bits per heavy atom. The number of aliphatic hydroxyl groups is 1. The van der Waals surface area contributed by atoms with Gasteiger partial charge in [-0.15, -0.1) is 5.92 Å². The average Bonchev–Trinajstić information content (AvgIpc) is 2.25. The van der Waals surface area contributed by atoms with E-state index in [0.29, 0.717) is 10.6 Å². The summed E-state index contributed by atoms with van der Waals surface area (Å²) in [7, 11) is 0. The Morgan fingerprint density at radius 3 is 2.80 bits per heavy atom. The van der Waals surface area contributed by atoms with Crippen LogP contribution in [0.15, 0.2) is 24.3 Å². The van der Waals surface area contributed by atoms with Crippen LogP contribution in [0.1, 0.15) is 37.9 Å². The molecule has 0 aliphatic heterocycles. The lowest BCUT2D eigenvalue weighted by Crippen LogP contribution is -1.94. The molecule has 0 amide bonds. The fourth-order valence-electron chi connectivity index (χ4n) is 1.21. The quantitative estimate of drug-likeness (QED) is 0.613. The van der Waals surface area contributed by atoms with Crippen LogP contribution >= 0.6 is 11.6 Å². The summed E-state index contributed by atoms with van der Waals surface area (Å²) < 4.78 is 0. The third-order valence-corrected chi connectivity index (χ3v) is 2.44. The fourth-order valence-corrected chi connectivity index (χ4v) is 1.45. The van der Waals surface area contributed by atoms with Gasteiger partial charge < -0.3 is 5.11 Å². The molecular weight excluding hydrogens is 208 g/mol. The van der Waals surface area contributed by atoms with E-state index in [1.807, 2.05) is 12.1 Å². The molecule has 1 aromatic carbocycles. The molecule has 1 nitrogen and oxygen atoms in total. The Hall–Kier alpha value is -0.970. The van der Waals surface area contributed by atoms with Crippen molar-refractivity contribution in [1.29, 1.82) is 0 Å². The smallest absolute Gasteiger partial charge is 0.141 e. The minimum atomic E-state index is -0.768. The van der Waals surface area contributed by atoms with Crippen molar-refractivity contribution in [2.75, 3.05) is 0 Å². The van der Waals surface area contributed by atoms with Crippen LogP contribution in [0.4, 0.5) is 0 Å². The minimum absolute atomic E-state index is 0.565. The van der Waals surface area contributed by atoms with Crippen LogP contribution in [0.2, 0.25) is 5.02 Å². The first kappa shape index (κ1) is 12.1. The summed E-state index contributed by atoms with van der Waals surface area (Å²) in [5, 5.41) is 10.3. The zero-order valence-electron chi connectivity index (χ0n) is 8.83. The van der Waals surface area contributed by atoms with Crippen molar-refractivity contribution >= 4 is 11.6 Å². The Kier molecular flexibility index (Phi) is 5.25. The van der Waals surface area contributed by atoms with Crippen LogP contribution in [0.25, 0.3) is 0 Å². The van der Waals surface area contributed by atoms with Crippen LogP contribution in [0.3, 0.4) is 0 Å². The van der Waals surface area contributed by atoms with Crippen LogP contribution in [-0.2, 0) is 0 Å². The number of benzene rings is 1. The topological polar surface area (TPSA) is 20.2 Å². The Morgan fingerprint density at radius 1 is 1.40 bits per heavy atom. The van der Waals surface area contributed by atoms with E-state index in [0.717, 1.165) is 19.3 Å². The third kappa shape index (κ3) is 3.95. The van der Waals surface area contributed by atoms with Crippen molar-refractivity contribution in [1.82, 2.24) is 0 Å². The van der Waals surface area contributed by atoms with Gasteiger partial charge >= 0.3 is 0 Å². The molecule has 1 atom stereocenters. The van der Waals surface area contributed by atoms with Crippen molar-refractivity contribution in [2.45, 2.75) is 32.3 Å². The molecule has 0 saturated carbocycles. The van der Waals surface area contributed by atoms with Crippen molar-refractivity contribution in [3.05, 3.63) is 34.9 Å². The SMILES string of the molecule is CCCCC#C[C@H](O)c1ccccc1Cl. The summed E-state index contributed by atoms with van der Waals surface area (Å²) in [6.45, 7) is 2.12. The van der Waals surface area contributed by atoms with E-state index >= 15 is 0 Å². The van der Waals surface area contributed by atoms with E-state index < -0.39 is 6.10 Å². The number of hydrogen-bond acceptors (Lipinski definition) is 1. The maximum Gasteiger partial charge on any atom is 0.141 e. The molecule has 0 radical (unpaired) electrons. The molecule has 80 valence electrons. The van der Waals surface area contributed by atoms with E-state index in [9.17, 15) is 5.11 Å². The first-order valence-electron chi connectivity index (χ1n) is 5.16. The van der Waals surface area contributed by atoms with Crippen LogP contribution < -0.4 is 0 Å². The molecule has 0 aliphatic rings. The van der Waals surface area contributed by atoms with Gasteiger partial charge in [-0.25, -0.2) is 0 Å². The molecule has 0 heterocycles. The molecule has 1 aromatic rings. The summed E-state index contributed by atoms with van der Waals surface area (Å²) in [6.07, 6.45) is 2.26. The largest absolute Gasteiger partial charge is 0.376 e. The molecule has 1 rings (SSSR count). The van der Waals surface area contributed by atoms with Crippen LogP contribution in [0.5, 0.6) is 0 Å². The Labute approximate surface area is 96.1 Å². The molecule has 2 heteroatoms. The zero-order chi connectivity index (χ0) is 11.1. The van der Waals surface area contributed by atoms with Gasteiger partial charge in [-0.3, -0.25) is 0 Å². The molecule has 0 aromatic heterocycles. The van der Waals surface area contributed by atoms with Gasteiger partial charge in [0.1, 0.15) is 6.10 Å². The number of halogens is 1. The number of unbranched alkanes of at least 4 members (excludes halogenated alkanes) is 2. The van der Waals surface area contributed by atoms with Gasteiger partial charge in [0.25, 0.3) is 0 Å². The summed E-state index contributed by atoms with van der Waals surface area (Å²) in [6, 6.07) is 7.23. The second-order valence-electron chi connectivity index (χ2n) is 3.35. The molecule has 0 spiro atoms. The van der Waals surface area contributed by atoms with Gasteiger partial charge in [-0.1, -0.05) is 49.1 Å². The summed E-state index contributed by atoms with van der Waals surface area (Å²) in [4.78, 5) is 0. The number of hydrogen-bond donors (Lipinski definition) is 1. The summed E-state index contributed by atoms with van der Waals surface area (Å²) in [5.41, 5.74) is 0.683. The van der Waals surface area contributed by atoms with Gasteiger partial charge in [-0.05, 0) is 12.5 Å². The zero-order valence-corrected chi connectivity index (χ0v) is 9.59. The normalized spacial score (nSPS) is 11.7. The summed E-state index contributed by atoms with van der Waals surface area (Å²) in [5.74, 6) is 5.75. The third-order valence-electron chi connectivity index (χ3n) is 2.09. The highest BCUT2D eigenvalue weighted by molar-refractivity contribution is 6.31. The van der Waals surface area contributed by atoms with Crippen molar-refractivity contribution < 1.29 is 5.11 Å². The van der Waals surface area contributed by atoms with E-state index in [1.54, 1.807) is 12.1 Å². The number of aliphatic hydroxyl groups excluding tert-OH is 1. The van der Waals surface area contributed by atoms with E-state index in [4.69, 9.17) is 11.6 Å². The van der Waals surface area contributed by atoms with Gasteiger partial charge in [0, 0.05) is 17.0 Å². The second kappa shape index (κ2) is 6.50. The lowest BCUT2D eigenvalue weighted by molar-refractivity contribution is 0.238. The minimum Gasteiger partial charge on any atom is -0.376 e. The van der Waals surface area contributed by atoms with Crippen molar-refractivity contribution in [2.24, 2.45) is 0 Å². The second-order valence-corrected chi connectivity index (χ2v) is 3.76. The first-order valence-corrected chi connectivity index (χ1v) is 5.54. The maximum atomic E-state index is 9.74. The lowest BCUT2D eigenvalue weighted by Gasteiger charge is -2.05. The highest BCUT2D eigenvalue weighted by atomic mass is 35.5. The molecule has 1 N–H and O–H groups in total. The molecule has 0 aliphatic carbocycles. The highest BCUT2D eigenvalue weighted by Crippen LogP contribution is 2.21. The Bertz CT molecular complexity index is 362. The predicted molar refractivity (Wildman–Crippen MR) is 63.7 cm³/mol. The molecular formula is C13H15ClO. The van der Waals surface area contributed by atoms with Crippen molar-refractivity contribution in [3.8, 4) is 11.8 Å². The molecule has 0 fully saturated rings. The number of rotatable bonds is 3. The molecule has 0 saturated heterocycles. The van der Waals surface area contributed by atoms with E-state index in [1.165, 1.54) is 0 Å². The van der Waals surface area contributed by atoms with Gasteiger partial charge in [0.15, 0.2) is 0 Å². The fraction of sp³-hybridized carbons (Fsp3) is 0.385. The van der Waals surface area contributed by atoms with Crippen molar-refractivity contribution in [3.63, 3.8) is 0 Å². The van der Waals surface area contributed by atoms with Gasteiger partial charge in [-0.2, -0.15) is 0 Å². The summed E-state index contributed by atoms with van der Waals surface area (Å²) >= 11 is 5.93. The van der Waals surface area contributed by atoms with Crippen LogP contribution in [-0.4, -0.2) is 5.11 Å². The Balaban J connectivity index is 2.63. The van der Waals surface area contributed by atoms with Gasteiger partial charge in [0.05, 0.1) is 0 Å². The predicted octanol–water partition coefficient (Wildman–Crippen LogP) is 3.57. The standard InChI is InChI=1S/C13H15ClO/c1-2-3-4-5-10-13(15)11-8-6-7-9-12(11)14/h6-9,13,15H,2-4H2,1H3/t13-/m0/s1. The van der Waals surface area contributed by atoms with E-state index in [2.05, 4.69) is 18.8 Å². The van der Waals surface area contributed by atoms with Gasteiger partial charge in [0.2, 0.25) is 0 Å². The molecule has 15 heavy (non-hydrogen) atoms. The average molecular weight is 223 g/mol. The molecule has 0 unspecified atom stereocenters. The molecule has 0 bridgehead atoms. The first-order chi connectivity index (χ1) is 7.25. The lowest BCUT2D eigenvalue weighted by atomic mass is 10.1. The maximum absolute atomic E-state index is 9.74. The van der Waals surface area contributed by atoms with E-state index in [-0.39, 0.29) is 0 Å². The van der Waals surface area contributed by atoms with Crippen LogP contribution in [0, 0.1) is 11.8 Å². The monoisotopic (exact) mass is 222 g/mol. The highest BCUT2D eigenvalue weighted by Gasteiger charge is 2.06.